The average molecular weight is 186 g/mol. The number of ether oxygens (including phenoxy) is 1. The number of hydrogen-bond acceptors (Lipinski definition) is 4. The highest BCUT2D eigenvalue weighted by Gasteiger charge is 2.29. The Labute approximate surface area is 57.9 Å². The summed E-state index contributed by atoms with van der Waals surface area (Å²) >= 11 is 0. The Morgan fingerprint density at radius 2 is 1.80 bits per heavy atom. The second-order valence-corrected chi connectivity index (χ2v) is 3.16. The first-order valence-electron chi connectivity index (χ1n) is 1.91. The summed E-state index contributed by atoms with van der Waals surface area (Å²) in [7, 11) is -3.47. The molecule has 6 nitrogen and oxygen atoms in total. The van der Waals surface area contributed by atoms with Gasteiger partial charge in [-0.05, 0) is 9.24 Å². The molecule has 0 aliphatic carbocycles. The maximum Gasteiger partial charge on any atom is 0.433 e. The zero-order chi connectivity index (χ0) is 8.36. The minimum Gasteiger partial charge on any atom is -0.381 e. The summed E-state index contributed by atoms with van der Waals surface area (Å²) in [4.78, 5) is 36.0. The van der Waals surface area contributed by atoms with Crippen molar-refractivity contribution < 1.29 is 28.7 Å². The molecule has 0 aliphatic rings. The largest absolute Gasteiger partial charge is 0.433 e. The van der Waals surface area contributed by atoms with E-state index in [2.05, 4.69) is 4.74 Å². The fraction of sp³-hybridized carbons (Fsp3) is 0. The van der Waals surface area contributed by atoms with Crippen LogP contribution in [-0.2, 0) is 9.30 Å². The first kappa shape index (κ1) is 9.72. The van der Waals surface area contributed by atoms with Crippen LogP contribution < -0.4 is 0 Å². The highest BCUT2D eigenvalue weighted by molar-refractivity contribution is 7.69. The second-order valence-electron chi connectivity index (χ2n) is 1.23. The van der Waals surface area contributed by atoms with E-state index >= 15 is 0 Å². The summed E-state index contributed by atoms with van der Waals surface area (Å²) in [5, 5.41) is 0. The topological polar surface area (TPSA) is 101 Å². The molecule has 0 aromatic heterocycles. The summed E-state index contributed by atoms with van der Waals surface area (Å²) in [5.74, 6) is 0. The van der Waals surface area contributed by atoms with E-state index in [0.29, 0.717) is 0 Å². The van der Waals surface area contributed by atoms with Crippen molar-refractivity contribution in [2.75, 3.05) is 0 Å². The van der Waals surface area contributed by atoms with E-state index in [-0.39, 0.29) is 0 Å². The van der Waals surface area contributed by atoms with E-state index in [1.165, 1.54) is 9.24 Å². The molecule has 0 amide bonds. The lowest BCUT2D eigenvalue weighted by Gasteiger charge is -1.98. The molecule has 1 atom stereocenters. The molecule has 0 saturated carbocycles. The van der Waals surface area contributed by atoms with Crippen LogP contribution in [0.5, 0.6) is 0 Å². The van der Waals surface area contributed by atoms with Crippen molar-refractivity contribution in [3.05, 3.63) is 0 Å². The second kappa shape index (κ2) is 3.21. The van der Waals surface area contributed by atoms with E-state index in [4.69, 9.17) is 9.79 Å². The van der Waals surface area contributed by atoms with Crippen molar-refractivity contribution in [2.45, 2.75) is 0 Å². The molecule has 8 heteroatoms. The molecule has 58 valence electrons. The lowest BCUT2D eigenvalue weighted by atomic mass is 11.4. The molecule has 0 radical (unpaired) electrons. The van der Waals surface area contributed by atoms with Gasteiger partial charge >= 0.3 is 19.0 Å². The fourth-order valence-corrected chi connectivity index (χ4v) is 0.561. The Kier molecular flexibility index (Phi) is 3.12. The predicted octanol–water partition coefficient (Wildman–Crippen LogP) is 0.296. The van der Waals surface area contributed by atoms with Gasteiger partial charge in [0.15, 0.2) is 0 Å². The van der Waals surface area contributed by atoms with Crippen LogP contribution in [0, 0.1) is 0 Å². The molecule has 0 spiro atoms. The molecule has 2 N–H and O–H groups in total. The first-order chi connectivity index (χ1) is 4.34. The van der Waals surface area contributed by atoms with Gasteiger partial charge < -0.3 is 14.5 Å². The van der Waals surface area contributed by atoms with E-state index in [1.807, 2.05) is 0 Å². The number of carbonyl (C=O) groups excluding carboxylic acids is 2. The van der Waals surface area contributed by atoms with Gasteiger partial charge in [0, 0.05) is 0 Å². The predicted molar refractivity (Wildman–Crippen MR) is 33.6 cm³/mol. The van der Waals surface area contributed by atoms with Crippen LogP contribution in [-0.4, -0.2) is 21.2 Å². The number of carbonyl (C=O) groups is 2. The van der Waals surface area contributed by atoms with Gasteiger partial charge in [-0.2, -0.15) is 0 Å². The molecule has 0 bridgehead atoms. The molecular weight excluding hydrogens is 182 g/mol. The summed E-state index contributed by atoms with van der Waals surface area (Å²) < 4.78 is 13.5. The van der Waals surface area contributed by atoms with Crippen LogP contribution in [0.2, 0.25) is 0 Å². The smallest absolute Gasteiger partial charge is 0.381 e. The summed E-state index contributed by atoms with van der Waals surface area (Å²) in [6, 6.07) is 0. The summed E-state index contributed by atoms with van der Waals surface area (Å²) in [5.41, 5.74) is -2.97. The van der Waals surface area contributed by atoms with Gasteiger partial charge in [0.25, 0.3) is 0 Å². The van der Waals surface area contributed by atoms with Crippen LogP contribution >= 0.6 is 16.8 Å². The minimum atomic E-state index is -4.91. The van der Waals surface area contributed by atoms with Gasteiger partial charge in [-0.25, -0.2) is 14.2 Å². The van der Waals surface area contributed by atoms with E-state index < -0.39 is 19.0 Å². The Bertz CT molecular complexity index is 202. The number of hydrogen-bond donors (Lipinski definition) is 2. The lowest BCUT2D eigenvalue weighted by Crippen LogP contribution is -2.03. The van der Waals surface area contributed by atoms with Crippen LogP contribution in [0.3, 0.4) is 0 Å². The normalized spacial score (nSPS) is 10.7. The molecule has 0 heterocycles. The molecule has 0 saturated heterocycles. The minimum absolute atomic E-state index is 1.13. The number of rotatable bonds is 1. The zero-order valence-electron chi connectivity index (χ0n) is 4.55. The highest BCUT2D eigenvalue weighted by Crippen LogP contribution is 2.37. The maximum atomic E-state index is 10.1. The Balaban J connectivity index is 4.13. The van der Waals surface area contributed by atoms with Gasteiger partial charge in [-0.3, -0.25) is 0 Å². The summed E-state index contributed by atoms with van der Waals surface area (Å²) in [6.45, 7) is 0. The molecule has 0 aliphatic heterocycles. The zero-order valence-corrected chi connectivity index (χ0v) is 6.60. The quantitative estimate of drug-likeness (QED) is 0.450. The van der Waals surface area contributed by atoms with Crippen molar-refractivity contribution in [3.63, 3.8) is 0 Å². The van der Waals surface area contributed by atoms with Gasteiger partial charge in [0.2, 0.25) is 0 Å². The van der Waals surface area contributed by atoms with Gasteiger partial charge in [-0.15, -0.1) is 0 Å². The maximum absolute atomic E-state index is 10.1. The molecule has 0 fully saturated rings. The van der Waals surface area contributed by atoms with Gasteiger partial charge in [-0.1, -0.05) is 0 Å². The standard InChI is InChI=1S/C2H4O6P2/c3-1(9)8-2(4)10(5,6)7/h9H2,(H2,5,6,7). The molecule has 1 unspecified atom stereocenters. The molecule has 0 rings (SSSR count). The van der Waals surface area contributed by atoms with Crippen molar-refractivity contribution in [2.24, 2.45) is 0 Å². The molecule has 10 heavy (non-hydrogen) atoms. The van der Waals surface area contributed by atoms with E-state index in [0.717, 1.165) is 0 Å². The third kappa shape index (κ3) is 3.69. The van der Waals surface area contributed by atoms with Gasteiger partial charge in [0.1, 0.15) is 0 Å². The van der Waals surface area contributed by atoms with E-state index in [9.17, 15) is 14.2 Å². The third-order valence-corrected chi connectivity index (χ3v) is 1.11. The third-order valence-electron chi connectivity index (χ3n) is 0.426. The van der Waals surface area contributed by atoms with Gasteiger partial charge in [0.05, 0.1) is 0 Å². The SMILES string of the molecule is O=C(P)OC(=O)P(=O)(O)O. The lowest BCUT2D eigenvalue weighted by molar-refractivity contribution is 0.178. The van der Waals surface area contributed by atoms with Crippen LogP contribution in [0.1, 0.15) is 0 Å². The van der Waals surface area contributed by atoms with Crippen LogP contribution in [0.25, 0.3) is 0 Å². The Morgan fingerprint density at radius 1 is 1.40 bits per heavy atom. The Morgan fingerprint density at radius 3 is 1.90 bits per heavy atom. The summed E-state index contributed by atoms with van der Waals surface area (Å²) in [6.07, 6.45) is 0. The van der Waals surface area contributed by atoms with E-state index in [1.54, 1.807) is 0 Å². The average Bonchev–Trinajstić information content (AvgIpc) is 1.60. The first-order valence-corrected chi connectivity index (χ1v) is 4.10. The Hall–Kier alpha value is -0.280. The van der Waals surface area contributed by atoms with Crippen molar-refractivity contribution in [1.29, 1.82) is 0 Å². The fourth-order valence-electron chi connectivity index (χ4n) is 0.146. The van der Waals surface area contributed by atoms with Crippen molar-refractivity contribution in [3.8, 4) is 0 Å². The molecular formula is C2H4O6P2. The highest BCUT2D eigenvalue weighted by atomic mass is 31.2. The van der Waals surface area contributed by atoms with Crippen LogP contribution in [0.4, 0.5) is 9.59 Å². The monoisotopic (exact) mass is 186 g/mol. The molecule has 0 aromatic carbocycles. The van der Waals surface area contributed by atoms with Crippen molar-refractivity contribution >= 4 is 28.3 Å². The van der Waals surface area contributed by atoms with Crippen LogP contribution in [0.15, 0.2) is 0 Å². The molecule has 0 aromatic rings. The van der Waals surface area contributed by atoms with Crippen molar-refractivity contribution in [1.82, 2.24) is 0 Å².